The maximum atomic E-state index is 13.5. The lowest BCUT2D eigenvalue weighted by Gasteiger charge is -2.34. The number of aryl methyl sites for hydroxylation is 2. The van der Waals surface area contributed by atoms with Crippen molar-refractivity contribution in [3.8, 4) is 0 Å². The number of benzene rings is 2. The highest BCUT2D eigenvalue weighted by atomic mass is 16.3. The van der Waals surface area contributed by atoms with Crippen molar-refractivity contribution in [1.82, 2.24) is 20.9 Å². The first-order valence-electron chi connectivity index (χ1n) is 11.5. The molecule has 10 heteroatoms. The third-order valence-corrected chi connectivity index (χ3v) is 6.07. The SMILES string of the molecule is CCCc1cc2c3c(c(CCC)cc4c3c1C(=O)N(NCCO)C4=O)C(=O)N(NCCO)C2=O. The number of rotatable bonds is 10. The summed E-state index contributed by atoms with van der Waals surface area (Å²) in [6.07, 6.45) is 2.36. The zero-order chi connectivity index (χ0) is 24.6. The Morgan fingerprint density at radius 2 is 1.06 bits per heavy atom. The molecule has 4 rings (SSSR count). The van der Waals surface area contributed by atoms with Gasteiger partial charge in [0.25, 0.3) is 23.6 Å². The van der Waals surface area contributed by atoms with Crippen molar-refractivity contribution in [3.05, 3.63) is 45.5 Å². The van der Waals surface area contributed by atoms with Gasteiger partial charge in [-0.05, 0) is 36.1 Å². The molecule has 0 atom stereocenters. The smallest absolute Gasteiger partial charge is 0.276 e. The normalized spacial score (nSPS) is 15.2. The van der Waals surface area contributed by atoms with Crippen molar-refractivity contribution in [3.63, 3.8) is 0 Å². The molecular weight excluding hydrogens is 440 g/mol. The molecule has 0 fully saturated rings. The summed E-state index contributed by atoms with van der Waals surface area (Å²) in [6, 6.07) is 3.29. The van der Waals surface area contributed by atoms with Crippen molar-refractivity contribution in [1.29, 1.82) is 0 Å². The average Bonchev–Trinajstić information content (AvgIpc) is 2.82. The van der Waals surface area contributed by atoms with Crippen LogP contribution in [0.25, 0.3) is 10.8 Å². The van der Waals surface area contributed by atoms with Crippen LogP contribution < -0.4 is 10.9 Å². The van der Waals surface area contributed by atoms with Crippen LogP contribution in [0, 0.1) is 0 Å². The van der Waals surface area contributed by atoms with Gasteiger partial charge in [0.05, 0.1) is 35.5 Å². The first kappa shape index (κ1) is 24.0. The number of carbonyl (C=O) groups excluding carboxylic acids is 4. The van der Waals surface area contributed by atoms with E-state index in [4.69, 9.17) is 0 Å². The molecule has 0 bridgehead atoms. The molecule has 2 aliphatic heterocycles. The predicted molar refractivity (Wildman–Crippen MR) is 123 cm³/mol. The number of hydrazine groups is 2. The molecule has 4 amide bonds. The van der Waals surface area contributed by atoms with Gasteiger partial charge in [0, 0.05) is 23.9 Å². The van der Waals surface area contributed by atoms with Crippen LogP contribution in [0.4, 0.5) is 0 Å². The molecule has 4 N–H and O–H groups in total. The van der Waals surface area contributed by atoms with Crippen molar-refractivity contribution >= 4 is 34.4 Å². The second-order valence-corrected chi connectivity index (χ2v) is 8.32. The number of imide groups is 2. The standard InChI is InChI=1S/C24H28N4O6/c1-3-5-13-11-15-20-18(24(34)28(21(15)31)26-8-10-30)14(6-4-2)12-16-19(20)17(13)23(33)27(22(16)32)25-7-9-29/h11-12,25-26,29-30H,3-10H2,1-2H3. The fourth-order valence-electron chi connectivity index (χ4n) is 4.77. The summed E-state index contributed by atoms with van der Waals surface area (Å²) in [5, 5.41) is 20.9. The van der Waals surface area contributed by atoms with E-state index in [1.54, 1.807) is 12.1 Å². The zero-order valence-electron chi connectivity index (χ0n) is 19.2. The van der Waals surface area contributed by atoms with Gasteiger partial charge in [-0.1, -0.05) is 26.7 Å². The van der Waals surface area contributed by atoms with E-state index < -0.39 is 23.6 Å². The van der Waals surface area contributed by atoms with Crippen LogP contribution in [-0.2, 0) is 12.8 Å². The molecule has 0 saturated carbocycles. The van der Waals surface area contributed by atoms with Crippen molar-refractivity contribution in [2.75, 3.05) is 26.3 Å². The first-order valence-corrected chi connectivity index (χ1v) is 11.5. The number of hydrogen-bond donors (Lipinski definition) is 4. The maximum absolute atomic E-state index is 13.5. The summed E-state index contributed by atoms with van der Waals surface area (Å²) in [5.41, 5.74) is 7.68. The minimum Gasteiger partial charge on any atom is -0.395 e. The monoisotopic (exact) mass is 468 g/mol. The van der Waals surface area contributed by atoms with Crippen LogP contribution in [0.1, 0.15) is 79.2 Å². The van der Waals surface area contributed by atoms with Crippen LogP contribution in [0.2, 0.25) is 0 Å². The molecule has 2 aromatic rings. The molecular formula is C24H28N4O6. The van der Waals surface area contributed by atoms with Crippen LogP contribution in [-0.4, -0.2) is 70.2 Å². The molecule has 0 aliphatic carbocycles. The number of aliphatic hydroxyl groups excluding tert-OH is 2. The molecule has 180 valence electrons. The Labute approximate surface area is 196 Å². The Morgan fingerprint density at radius 3 is 1.38 bits per heavy atom. The fraction of sp³-hybridized carbons (Fsp3) is 0.417. The molecule has 2 heterocycles. The number of amides is 4. The molecule has 0 unspecified atom stereocenters. The van der Waals surface area contributed by atoms with Gasteiger partial charge >= 0.3 is 0 Å². The Bertz CT molecular complexity index is 1110. The van der Waals surface area contributed by atoms with Crippen molar-refractivity contribution in [2.45, 2.75) is 39.5 Å². The molecule has 0 spiro atoms. The molecule has 0 radical (unpaired) electrons. The Morgan fingerprint density at radius 1 is 0.676 bits per heavy atom. The fourth-order valence-corrected chi connectivity index (χ4v) is 4.77. The van der Waals surface area contributed by atoms with Crippen LogP contribution in [0.3, 0.4) is 0 Å². The number of aliphatic hydroxyl groups is 2. The summed E-state index contributed by atoms with van der Waals surface area (Å²) < 4.78 is 0. The van der Waals surface area contributed by atoms with E-state index in [2.05, 4.69) is 10.9 Å². The molecule has 2 aromatic carbocycles. The van der Waals surface area contributed by atoms with Gasteiger partial charge in [-0.15, -0.1) is 0 Å². The third kappa shape index (κ3) is 3.59. The van der Waals surface area contributed by atoms with Crippen LogP contribution >= 0.6 is 0 Å². The van der Waals surface area contributed by atoms with Crippen LogP contribution in [0.5, 0.6) is 0 Å². The summed E-state index contributed by atoms with van der Waals surface area (Å²) in [5.74, 6) is -2.32. The first-order chi connectivity index (χ1) is 16.4. The van der Waals surface area contributed by atoms with E-state index in [0.717, 1.165) is 10.0 Å². The lowest BCUT2D eigenvalue weighted by atomic mass is 9.80. The van der Waals surface area contributed by atoms with Gasteiger partial charge in [-0.25, -0.2) is 20.9 Å². The van der Waals surface area contributed by atoms with E-state index in [9.17, 15) is 29.4 Å². The quantitative estimate of drug-likeness (QED) is 0.378. The van der Waals surface area contributed by atoms with E-state index in [1.807, 2.05) is 13.8 Å². The average molecular weight is 469 g/mol. The lowest BCUT2D eigenvalue weighted by molar-refractivity contribution is 0.0486. The van der Waals surface area contributed by atoms with E-state index in [0.29, 0.717) is 58.7 Å². The van der Waals surface area contributed by atoms with E-state index in [-0.39, 0.29) is 37.4 Å². The molecule has 0 aromatic heterocycles. The van der Waals surface area contributed by atoms with Gasteiger partial charge in [-0.3, -0.25) is 19.2 Å². The zero-order valence-corrected chi connectivity index (χ0v) is 19.2. The van der Waals surface area contributed by atoms with Gasteiger partial charge in [0.15, 0.2) is 0 Å². The second-order valence-electron chi connectivity index (χ2n) is 8.32. The van der Waals surface area contributed by atoms with Gasteiger partial charge < -0.3 is 10.2 Å². The predicted octanol–water partition coefficient (Wildman–Crippen LogP) is 0.931. The van der Waals surface area contributed by atoms with E-state index >= 15 is 0 Å². The summed E-state index contributed by atoms with van der Waals surface area (Å²) >= 11 is 0. The molecule has 0 saturated heterocycles. The summed E-state index contributed by atoms with van der Waals surface area (Å²) in [6.45, 7) is 3.39. The summed E-state index contributed by atoms with van der Waals surface area (Å²) in [7, 11) is 0. The van der Waals surface area contributed by atoms with Gasteiger partial charge in [0.2, 0.25) is 0 Å². The molecule has 2 aliphatic rings. The molecule has 34 heavy (non-hydrogen) atoms. The van der Waals surface area contributed by atoms with Crippen LogP contribution in [0.15, 0.2) is 12.1 Å². The highest BCUT2D eigenvalue weighted by Gasteiger charge is 2.42. The Hall–Kier alpha value is -3.18. The number of hydrogen-bond acceptors (Lipinski definition) is 8. The maximum Gasteiger partial charge on any atom is 0.276 e. The van der Waals surface area contributed by atoms with Crippen molar-refractivity contribution < 1.29 is 29.4 Å². The lowest BCUT2D eigenvalue weighted by Crippen LogP contribution is -2.52. The minimum absolute atomic E-state index is 0.0134. The number of carbonyl (C=O) groups is 4. The minimum atomic E-state index is -0.588. The van der Waals surface area contributed by atoms with E-state index in [1.165, 1.54) is 0 Å². The van der Waals surface area contributed by atoms with Crippen molar-refractivity contribution in [2.24, 2.45) is 0 Å². The highest BCUT2D eigenvalue weighted by Crippen LogP contribution is 2.41. The number of nitrogens with one attached hydrogen (secondary N) is 2. The number of nitrogens with zero attached hydrogens (tertiary/aromatic N) is 2. The Balaban J connectivity index is 2.08. The topological polar surface area (TPSA) is 139 Å². The molecule has 10 nitrogen and oxygen atoms in total. The third-order valence-electron chi connectivity index (χ3n) is 6.07. The summed E-state index contributed by atoms with van der Waals surface area (Å²) in [4.78, 5) is 53.7. The largest absolute Gasteiger partial charge is 0.395 e. The highest BCUT2D eigenvalue weighted by molar-refractivity contribution is 6.34. The van der Waals surface area contributed by atoms with Gasteiger partial charge in [0.1, 0.15) is 0 Å². The second kappa shape index (κ2) is 9.59. The Kier molecular flexibility index (Phi) is 6.76. The van der Waals surface area contributed by atoms with Gasteiger partial charge in [-0.2, -0.15) is 0 Å².